The summed E-state index contributed by atoms with van der Waals surface area (Å²) in [5.41, 5.74) is -1.24. The summed E-state index contributed by atoms with van der Waals surface area (Å²) in [6, 6.07) is 1.54. The third-order valence-electron chi connectivity index (χ3n) is 2.11. The van der Waals surface area contributed by atoms with Crippen LogP contribution in [0.1, 0.15) is 15.9 Å². The zero-order valence-corrected chi connectivity index (χ0v) is 9.66. The molecule has 0 heterocycles. The normalized spacial score (nSPS) is 10.8. The topological polar surface area (TPSA) is 107 Å². The first-order valence-corrected chi connectivity index (χ1v) is 4.98. The van der Waals surface area contributed by atoms with Crippen molar-refractivity contribution in [2.24, 2.45) is 0 Å². The van der Waals surface area contributed by atoms with Gasteiger partial charge in [0.25, 0.3) is 5.69 Å². The number of halogens is 2. The van der Waals surface area contributed by atoms with Crippen LogP contribution in [0.2, 0.25) is 0 Å². The average Bonchev–Trinajstić information content (AvgIpc) is 2.34. The molecular formula is C11H7F2NO6. The van der Waals surface area contributed by atoms with Crippen molar-refractivity contribution in [2.75, 3.05) is 0 Å². The highest BCUT2D eigenvalue weighted by atomic mass is 19.3. The Morgan fingerprint density at radius 1 is 1.45 bits per heavy atom. The largest absolute Gasteiger partial charge is 0.478 e. The molecule has 0 saturated carbocycles. The molecule has 1 aromatic rings. The maximum absolute atomic E-state index is 12.2. The highest BCUT2D eigenvalue weighted by Gasteiger charge is 2.18. The molecule has 7 nitrogen and oxygen atoms in total. The fraction of sp³-hybridized carbons (Fsp3) is 0.0909. The summed E-state index contributed by atoms with van der Waals surface area (Å²) in [5, 5.41) is 19.1. The van der Waals surface area contributed by atoms with E-state index in [9.17, 15) is 28.5 Å². The molecule has 1 aromatic carbocycles. The Morgan fingerprint density at radius 3 is 2.55 bits per heavy atom. The van der Waals surface area contributed by atoms with Gasteiger partial charge in [-0.1, -0.05) is 0 Å². The summed E-state index contributed by atoms with van der Waals surface area (Å²) in [7, 11) is 0. The summed E-state index contributed by atoms with van der Waals surface area (Å²) >= 11 is 0. The number of carbonyl (C=O) groups is 2. The number of nitrogens with zero attached hydrogens (tertiary/aromatic N) is 1. The van der Waals surface area contributed by atoms with E-state index < -0.39 is 34.5 Å². The molecule has 20 heavy (non-hydrogen) atoms. The Hall–Kier alpha value is -2.84. The first kappa shape index (κ1) is 15.2. The van der Waals surface area contributed by atoms with Crippen molar-refractivity contribution in [1.82, 2.24) is 0 Å². The Morgan fingerprint density at radius 2 is 2.10 bits per heavy atom. The lowest BCUT2D eigenvalue weighted by Crippen LogP contribution is -2.06. The fourth-order valence-electron chi connectivity index (χ4n) is 1.36. The van der Waals surface area contributed by atoms with Crippen LogP contribution in [0, 0.1) is 10.1 Å². The summed E-state index contributed by atoms with van der Waals surface area (Å²) in [5.74, 6) is -2.07. The first-order chi connectivity index (χ1) is 9.35. The van der Waals surface area contributed by atoms with E-state index in [2.05, 4.69) is 4.74 Å². The SMILES string of the molecule is O=Cc1c(/C=C/C(=O)O)cc([N+](=O)[O-])cc1OC(F)F. The number of carboxylic acids is 1. The number of hydrogen-bond acceptors (Lipinski definition) is 5. The van der Waals surface area contributed by atoms with Gasteiger partial charge in [0.05, 0.1) is 16.6 Å². The first-order valence-electron chi connectivity index (χ1n) is 4.98. The smallest absolute Gasteiger partial charge is 0.387 e. The molecule has 0 aliphatic rings. The maximum Gasteiger partial charge on any atom is 0.387 e. The summed E-state index contributed by atoms with van der Waals surface area (Å²) in [4.78, 5) is 31.1. The van der Waals surface area contributed by atoms with Crippen LogP contribution in [0.15, 0.2) is 18.2 Å². The van der Waals surface area contributed by atoms with Crippen LogP contribution in [0.4, 0.5) is 14.5 Å². The van der Waals surface area contributed by atoms with Gasteiger partial charge in [-0.05, 0) is 11.6 Å². The predicted octanol–water partition coefficient (Wildman–Crippen LogP) is 2.11. The van der Waals surface area contributed by atoms with Crippen molar-refractivity contribution < 1.29 is 33.1 Å². The van der Waals surface area contributed by atoms with Crippen molar-refractivity contribution in [3.63, 3.8) is 0 Å². The van der Waals surface area contributed by atoms with Gasteiger partial charge >= 0.3 is 12.6 Å². The number of hydrogen-bond donors (Lipinski definition) is 1. The number of non-ortho nitro benzene ring substituents is 1. The molecule has 0 amide bonds. The molecule has 0 spiro atoms. The van der Waals surface area contributed by atoms with E-state index in [1.165, 1.54) is 0 Å². The molecule has 0 bridgehead atoms. The Kier molecular flexibility index (Phi) is 4.84. The molecule has 0 radical (unpaired) electrons. The molecule has 0 aliphatic carbocycles. The van der Waals surface area contributed by atoms with E-state index in [4.69, 9.17) is 5.11 Å². The third-order valence-corrected chi connectivity index (χ3v) is 2.11. The van der Waals surface area contributed by atoms with Gasteiger partial charge in [-0.2, -0.15) is 8.78 Å². The minimum absolute atomic E-state index is 0.142. The number of alkyl halides is 2. The second kappa shape index (κ2) is 6.36. The van der Waals surface area contributed by atoms with Crippen LogP contribution in [0.3, 0.4) is 0 Å². The molecule has 0 unspecified atom stereocenters. The van der Waals surface area contributed by atoms with Gasteiger partial charge in [0.15, 0.2) is 6.29 Å². The molecule has 0 saturated heterocycles. The quantitative estimate of drug-likeness (QED) is 0.371. The standard InChI is InChI=1S/C11H7F2NO6/c12-11(13)20-9-4-7(14(18)19)3-6(8(9)5-15)1-2-10(16)17/h1-5,11H,(H,16,17)/b2-1+. The number of benzene rings is 1. The molecule has 1 N–H and O–H groups in total. The van der Waals surface area contributed by atoms with E-state index in [1.807, 2.05) is 0 Å². The zero-order valence-electron chi connectivity index (χ0n) is 9.66. The van der Waals surface area contributed by atoms with E-state index >= 15 is 0 Å². The van der Waals surface area contributed by atoms with E-state index in [0.29, 0.717) is 12.1 Å². The van der Waals surface area contributed by atoms with Gasteiger partial charge in [-0.3, -0.25) is 14.9 Å². The Labute approximate surface area is 110 Å². The van der Waals surface area contributed by atoms with Crippen molar-refractivity contribution in [2.45, 2.75) is 6.61 Å². The van der Waals surface area contributed by atoms with Crippen LogP contribution >= 0.6 is 0 Å². The van der Waals surface area contributed by atoms with Gasteiger partial charge in [0.1, 0.15) is 5.75 Å². The number of carboxylic acid groups (broad SMARTS) is 1. The molecule has 0 atom stereocenters. The van der Waals surface area contributed by atoms with Gasteiger partial charge in [-0.25, -0.2) is 4.79 Å². The predicted molar refractivity (Wildman–Crippen MR) is 61.8 cm³/mol. The fourth-order valence-corrected chi connectivity index (χ4v) is 1.36. The lowest BCUT2D eigenvalue weighted by atomic mass is 10.1. The van der Waals surface area contributed by atoms with E-state index in [-0.39, 0.29) is 11.8 Å². The summed E-state index contributed by atoms with van der Waals surface area (Å²) in [6.45, 7) is -3.29. The van der Waals surface area contributed by atoms with Crippen molar-refractivity contribution in [3.8, 4) is 5.75 Å². The molecule has 106 valence electrons. The lowest BCUT2D eigenvalue weighted by Gasteiger charge is -2.09. The number of nitro groups is 1. The summed E-state index contributed by atoms with van der Waals surface area (Å²) in [6.07, 6.45) is 1.62. The molecule has 0 fully saturated rings. The second-order valence-electron chi connectivity index (χ2n) is 3.37. The lowest BCUT2D eigenvalue weighted by molar-refractivity contribution is -0.385. The molecule has 9 heteroatoms. The van der Waals surface area contributed by atoms with Gasteiger partial charge in [0.2, 0.25) is 0 Å². The van der Waals surface area contributed by atoms with Crippen LogP contribution < -0.4 is 4.74 Å². The monoisotopic (exact) mass is 287 g/mol. The number of aliphatic carboxylic acids is 1. The van der Waals surface area contributed by atoms with E-state index in [1.54, 1.807) is 0 Å². The maximum atomic E-state index is 12.2. The summed E-state index contributed by atoms with van der Waals surface area (Å²) < 4.78 is 28.4. The zero-order chi connectivity index (χ0) is 15.3. The van der Waals surface area contributed by atoms with Crippen molar-refractivity contribution in [3.05, 3.63) is 39.4 Å². The van der Waals surface area contributed by atoms with E-state index in [0.717, 1.165) is 12.1 Å². The third kappa shape index (κ3) is 3.83. The Balaban J connectivity index is 3.45. The average molecular weight is 287 g/mol. The highest BCUT2D eigenvalue weighted by molar-refractivity contribution is 5.91. The number of aldehydes is 1. The van der Waals surface area contributed by atoms with Crippen LogP contribution in [0.25, 0.3) is 6.08 Å². The minimum Gasteiger partial charge on any atom is -0.478 e. The van der Waals surface area contributed by atoms with Crippen molar-refractivity contribution >= 4 is 24.0 Å². The van der Waals surface area contributed by atoms with Crippen LogP contribution in [0.5, 0.6) is 5.75 Å². The molecular weight excluding hydrogens is 280 g/mol. The molecule has 0 aliphatic heterocycles. The molecule has 1 rings (SSSR count). The Bertz CT molecular complexity index is 585. The van der Waals surface area contributed by atoms with Crippen LogP contribution in [-0.2, 0) is 4.79 Å². The highest BCUT2D eigenvalue weighted by Crippen LogP contribution is 2.29. The molecule has 0 aromatic heterocycles. The number of nitro benzene ring substituents is 1. The number of rotatable bonds is 6. The number of ether oxygens (including phenoxy) is 1. The van der Waals surface area contributed by atoms with Gasteiger partial charge in [0, 0.05) is 12.1 Å². The minimum atomic E-state index is -3.29. The van der Waals surface area contributed by atoms with Gasteiger partial charge < -0.3 is 9.84 Å². The van der Waals surface area contributed by atoms with Crippen LogP contribution in [-0.4, -0.2) is 28.9 Å². The van der Waals surface area contributed by atoms with Gasteiger partial charge in [-0.15, -0.1) is 0 Å². The second-order valence-corrected chi connectivity index (χ2v) is 3.37. The van der Waals surface area contributed by atoms with Crippen molar-refractivity contribution in [1.29, 1.82) is 0 Å². The number of carbonyl (C=O) groups excluding carboxylic acids is 1.